The zero-order valence-corrected chi connectivity index (χ0v) is 3.47. The first-order chi connectivity index (χ1) is 2.73. The molecule has 4 heteroatoms. The maximum atomic E-state index is 9.00. The summed E-state index contributed by atoms with van der Waals surface area (Å²) >= 11 is 0. The number of aliphatic carboxylic acids is 1. The minimum atomic E-state index is -0.833. The fourth-order valence-electron chi connectivity index (χ4n) is 0. The molecule has 0 saturated heterocycles. The van der Waals surface area contributed by atoms with Gasteiger partial charge in [-0.3, -0.25) is 4.79 Å². The van der Waals surface area contributed by atoms with E-state index in [2.05, 4.69) is 0 Å². The van der Waals surface area contributed by atoms with Crippen molar-refractivity contribution >= 4 is 50.5 Å². The second-order valence-electron chi connectivity index (χ2n) is 0.519. The molecule has 3 nitrogen and oxygen atoms in total. The van der Waals surface area contributed by atoms with Gasteiger partial charge in [-0.05, 0) is 0 Å². The van der Waals surface area contributed by atoms with E-state index < -0.39 is 5.97 Å². The van der Waals surface area contributed by atoms with Crippen LogP contribution in [0.25, 0.3) is 0 Å². The fraction of sp³-hybridized carbons (Fsp3) is 0.333. The quantitative estimate of drug-likeness (QED) is 0.430. The van der Waals surface area contributed by atoms with Gasteiger partial charge in [-0.15, -0.1) is 0 Å². The molecule has 0 aromatic rings. The van der Waals surface area contributed by atoms with Crippen LogP contribution >= 0.6 is 0 Å². The molecule has 0 amide bonds. The maximum absolute atomic E-state index is 9.00. The topological polar surface area (TPSA) is 54.4 Å². The number of carboxylic acid groups (broad SMARTS) is 1. The Labute approximate surface area is 71.7 Å². The van der Waals surface area contributed by atoms with E-state index in [1.54, 1.807) is 0 Å². The Morgan fingerprint density at radius 1 is 1.57 bits per heavy atom. The number of rotatable bonds is 0. The van der Waals surface area contributed by atoms with Crippen molar-refractivity contribution in [1.82, 2.24) is 0 Å². The Kier molecular flexibility index (Phi) is 36.1. The first-order valence-corrected chi connectivity index (χ1v) is 1.22. The molecule has 0 aromatic heterocycles. The Bertz CT molecular complexity index is 41.4. The van der Waals surface area contributed by atoms with Crippen molar-refractivity contribution < 1.29 is 14.7 Å². The van der Waals surface area contributed by atoms with E-state index in [1.165, 1.54) is 0 Å². The summed E-state index contributed by atoms with van der Waals surface area (Å²) in [5.74, 6) is -0.833. The SMILES string of the molecule is C=O.CC(=O)O.[CaH2]. The normalized spacial score (nSPS) is 4.14. The number of carbonyl (C=O) groups excluding carboxylic acids is 1. The summed E-state index contributed by atoms with van der Waals surface area (Å²) in [5, 5.41) is 7.42. The van der Waals surface area contributed by atoms with Crippen LogP contribution in [0.2, 0.25) is 0 Å². The number of hydrogen-bond acceptors (Lipinski definition) is 2. The van der Waals surface area contributed by atoms with Crippen molar-refractivity contribution in [2.75, 3.05) is 0 Å². The molecule has 0 aliphatic rings. The summed E-state index contributed by atoms with van der Waals surface area (Å²) in [6.07, 6.45) is 0. The standard InChI is InChI=1S/C2H4O2.CH2O.Ca.2H/c1-2(3)4;1-2;;;/h1H3,(H,3,4);1H2;;;. The summed E-state index contributed by atoms with van der Waals surface area (Å²) in [4.78, 5) is 17.0. The first-order valence-electron chi connectivity index (χ1n) is 1.22. The van der Waals surface area contributed by atoms with Crippen LogP contribution in [-0.2, 0) is 9.59 Å². The molecule has 40 valence electrons. The molecule has 0 aromatic carbocycles. The molecule has 0 heterocycles. The van der Waals surface area contributed by atoms with Gasteiger partial charge in [-0.25, -0.2) is 0 Å². The third kappa shape index (κ3) is 775. The molecule has 0 bridgehead atoms. The molecule has 1 N–H and O–H groups in total. The number of hydrogen-bond donors (Lipinski definition) is 1. The zero-order valence-electron chi connectivity index (χ0n) is 3.47. The number of carbonyl (C=O) groups is 2. The van der Waals surface area contributed by atoms with Gasteiger partial charge in [0.05, 0.1) is 0 Å². The molecule has 0 unspecified atom stereocenters. The van der Waals surface area contributed by atoms with Crippen molar-refractivity contribution in [2.45, 2.75) is 6.92 Å². The van der Waals surface area contributed by atoms with E-state index in [1.807, 2.05) is 6.79 Å². The third-order valence-electron chi connectivity index (χ3n) is 0. The van der Waals surface area contributed by atoms with Crippen molar-refractivity contribution in [3.05, 3.63) is 0 Å². The average Bonchev–Trinajstić information content (AvgIpc) is 1.41. The number of carboxylic acids is 1. The summed E-state index contributed by atoms with van der Waals surface area (Å²) < 4.78 is 0. The molecular weight excluding hydrogens is 124 g/mol. The van der Waals surface area contributed by atoms with Crippen LogP contribution in [0.5, 0.6) is 0 Å². The molecule has 0 radical (unpaired) electrons. The van der Waals surface area contributed by atoms with E-state index in [0.717, 1.165) is 6.92 Å². The van der Waals surface area contributed by atoms with Crippen molar-refractivity contribution in [3.8, 4) is 0 Å². The van der Waals surface area contributed by atoms with E-state index in [9.17, 15) is 0 Å². The van der Waals surface area contributed by atoms with Crippen molar-refractivity contribution in [1.29, 1.82) is 0 Å². The molecule has 0 rings (SSSR count). The summed E-state index contributed by atoms with van der Waals surface area (Å²) in [6, 6.07) is 0. The van der Waals surface area contributed by atoms with Crippen LogP contribution in [0.4, 0.5) is 0 Å². The van der Waals surface area contributed by atoms with Gasteiger partial charge >= 0.3 is 37.7 Å². The van der Waals surface area contributed by atoms with Gasteiger partial charge in [0.2, 0.25) is 0 Å². The van der Waals surface area contributed by atoms with Gasteiger partial charge in [0.25, 0.3) is 5.97 Å². The molecule has 0 atom stereocenters. The molecule has 0 fully saturated rings. The van der Waals surface area contributed by atoms with Crippen LogP contribution in [0, 0.1) is 0 Å². The summed E-state index contributed by atoms with van der Waals surface area (Å²) in [6.45, 7) is 3.08. The third-order valence-corrected chi connectivity index (χ3v) is 0. The minimum absolute atomic E-state index is 0. The Morgan fingerprint density at radius 2 is 1.57 bits per heavy atom. The van der Waals surface area contributed by atoms with E-state index >= 15 is 0 Å². The Morgan fingerprint density at radius 3 is 1.57 bits per heavy atom. The summed E-state index contributed by atoms with van der Waals surface area (Å²) in [7, 11) is 0. The van der Waals surface area contributed by atoms with Crippen LogP contribution in [-0.4, -0.2) is 55.6 Å². The van der Waals surface area contributed by atoms with Crippen LogP contribution in [0.3, 0.4) is 0 Å². The van der Waals surface area contributed by atoms with Gasteiger partial charge in [0.1, 0.15) is 6.79 Å². The average molecular weight is 132 g/mol. The van der Waals surface area contributed by atoms with E-state index in [-0.39, 0.29) is 37.7 Å². The molecule has 0 aliphatic carbocycles. The molecule has 0 spiro atoms. The monoisotopic (exact) mass is 132 g/mol. The van der Waals surface area contributed by atoms with Crippen LogP contribution in [0.15, 0.2) is 0 Å². The van der Waals surface area contributed by atoms with E-state index in [4.69, 9.17) is 14.7 Å². The van der Waals surface area contributed by atoms with Crippen LogP contribution in [0.1, 0.15) is 6.92 Å². The second-order valence-corrected chi connectivity index (χ2v) is 0.519. The molecule has 7 heavy (non-hydrogen) atoms. The first kappa shape index (κ1) is 15.7. The summed E-state index contributed by atoms with van der Waals surface area (Å²) in [5.41, 5.74) is 0. The van der Waals surface area contributed by atoms with Gasteiger partial charge in [-0.2, -0.15) is 0 Å². The molecule has 0 saturated carbocycles. The van der Waals surface area contributed by atoms with Gasteiger partial charge < -0.3 is 9.90 Å². The van der Waals surface area contributed by atoms with Gasteiger partial charge in [0.15, 0.2) is 0 Å². The van der Waals surface area contributed by atoms with Gasteiger partial charge in [0, 0.05) is 6.92 Å². The fourth-order valence-corrected chi connectivity index (χ4v) is 0. The van der Waals surface area contributed by atoms with Crippen molar-refractivity contribution in [2.24, 2.45) is 0 Å². The second kappa shape index (κ2) is 16.1. The van der Waals surface area contributed by atoms with E-state index in [0.29, 0.717) is 0 Å². The van der Waals surface area contributed by atoms with Gasteiger partial charge in [-0.1, -0.05) is 0 Å². The Balaban J connectivity index is -0.0000000480. The Hall–Kier alpha value is 0.400. The predicted octanol–water partition coefficient (Wildman–Crippen LogP) is -1.01. The van der Waals surface area contributed by atoms with Crippen molar-refractivity contribution in [3.63, 3.8) is 0 Å². The molecular formula is C3H8CaO3. The predicted molar refractivity (Wildman–Crippen MR) is 29.0 cm³/mol. The van der Waals surface area contributed by atoms with Crippen LogP contribution < -0.4 is 0 Å². The zero-order chi connectivity index (χ0) is 5.58. The molecule has 0 aliphatic heterocycles.